The maximum absolute atomic E-state index is 12.8. The number of hydrogen-bond donors (Lipinski definition) is 2. The van der Waals surface area contributed by atoms with Gasteiger partial charge in [0.05, 0.1) is 16.3 Å². The van der Waals surface area contributed by atoms with E-state index < -0.39 is 26.7 Å². The summed E-state index contributed by atoms with van der Waals surface area (Å²) < 4.78 is 35.5. The molecule has 1 heterocycles. The number of rotatable bonds is 7. The van der Waals surface area contributed by atoms with Crippen LogP contribution in [0, 0.1) is 5.21 Å². The third-order valence-electron chi connectivity index (χ3n) is 4.44. The zero-order valence-electron chi connectivity index (χ0n) is 17.2. The summed E-state index contributed by atoms with van der Waals surface area (Å²) in [5, 5.41) is 27.9. The highest BCUT2D eigenvalue weighted by atomic mass is 32.2. The third kappa shape index (κ3) is 4.86. The number of amides is 1. The van der Waals surface area contributed by atoms with E-state index in [9.17, 15) is 23.5 Å². The van der Waals surface area contributed by atoms with Crippen LogP contribution in [0.1, 0.15) is 15.9 Å². The second-order valence-electron chi connectivity index (χ2n) is 6.78. The molecule has 11 nitrogen and oxygen atoms in total. The summed E-state index contributed by atoms with van der Waals surface area (Å²) >= 11 is 0. The van der Waals surface area contributed by atoms with E-state index in [1.165, 1.54) is 66.9 Å². The van der Waals surface area contributed by atoms with Crippen molar-refractivity contribution in [3.8, 4) is 17.4 Å². The minimum absolute atomic E-state index is 0.0402. The summed E-state index contributed by atoms with van der Waals surface area (Å²) in [4.78, 5) is 11.7. The first-order chi connectivity index (χ1) is 16.3. The summed E-state index contributed by atoms with van der Waals surface area (Å²) in [5.41, 5.74) is 3.16. The zero-order valence-corrected chi connectivity index (χ0v) is 18.0. The van der Waals surface area contributed by atoms with Gasteiger partial charge in [-0.1, -0.05) is 24.3 Å². The number of aromatic hydroxyl groups is 1. The molecule has 0 aliphatic rings. The number of benzene rings is 3. The van der Waals surface area contributed by atoms with Crippen molar-refractivity contribution in [2.24, 2.45) is 5.10 Å². The molecule has 2 N–H and O–H groups in total. The number of hydrogen-bond acceptors (Lipinski definition) is 9. The van der Waals surface area contributed by atoms with Gasteiger partial charge < -0.3 is 15.1 Å². The number of phenolic OH excluding ortho intramolecular Hbond substituents is 1. The quantitative estimate of drug-likeness (QED) is 0.232. The monoisotopic (exact) mass is 480 g/mol. The smallest absolute Gasteiger partial charge is 0.420 e. The second kappa shape index (κ2) is 9.42. The average molecular weight is 480 g/mol. The molecule has 4 aromatic rings. The number of carbonyl (C=O) groups is 1. The van der Waals surface area contributed by atoms with E-state index in [0.717, 1.165) is 0 Å². The molecule has 1 aromatic heterocycles. The van der Waals surface area contributed by atoms with Gasteiger partial charge in [0.2, 0.25) is 0 Å². The Labute approximate surface area is 193 Å². The zero-order chi connectivity index (χ0) is 24.1. The van der Waals surface area contributed by atoms with Gasteiger partial charge in [0.1, 0.15) is 11.5 Å². The predicted molar refractivity (Wildman–Crippen MR) is 117 cm³/mol. The number of ether oxygens (including phenoxy) is 1. The molecule has 0 fully saturated rings. The summed E-state index contributed by atoms with van der Waals surface area (Å²) in [6, 6.07) is 19.3. The topological polar surface area (TPSA) is 158 Å². The van der Waals surface area contributed by atoms with E-state index in [0.29, 0.717) is 5.56 Å². The number of nitrogens with one attached hydrogen (secondary N) is 1. The number of sulfone groups is 1. The largest absolute Gasteiger partial charge is 0.508 e. The minimum Gasteiger partial charge on any atom is -0.508 e. The van der Waals surface area contributed by atoms with E-state index >= 15 is 0 Å². The maximum atomic E-state index is 12.8. The van der Waals surface area contributed by atoms with Crippen LogP contribution in [0.25, 0.3) is 0 Å². The van der Waals surface area contributed by atoms with Crippen molar-refractivity contribution in [1.29, 1.82) is 0 Å². The van der Waals surface area contributed by atoms with E-state index in [2.05, 4.69) is 20.3 Å². The van der Waals surface area contributed by atoms with E-state index in [1.54, 1.807) is 18.2 Å². The fourth-order valence-electron chi connectivity index (χ4n) is 2.83. The molecule has 0 aliphatic carbocycles. The molecule has 0 aliphatic heterocycles. The van der Waals surface area contributed by atoms with Crippen LogP contribution in [0.2, 0.25) is 0 Å². The lowest BCUT2D eigenvalue weighted by Crippen LogP contribution is -2.30. The highest BCUT2D eigenvalue weighted by Crippen LogP contribution is 2.28. The molecule has 0 saturated heterocycles. The summed E-state index contributed by atoms with van der Waals surface area (Å²) in [6.45, 7) is 0. The second-order valence-corrected chi connectivity index (χ2v) is 8.64. The highest BCUT2D eigenvalue weighted by Gasteiger charge is 2.36. The van der Waals surface area contributed by atoms with Gasteiger partial charge in [-0.3, -0.25) is 9.42 Å². The van der Waals surface area contributed by atoms with Gasteiger partial charge in [-0.25, -0.2) is 13.8 Å². The van der Waals surface area contributed by atoms with Gasteiger partial charge in [-0.15, -0.1) is 0 Å². The summed E-state index contributed by atoms with van der Waals surface area (Å²) in [6.07, 6.45) is 1.37. The molecule has 0 atom stereocenters. The number of nitrogens with zero attached hydrogens (tertiary/aromatic N) is 3. The van der Waals surface area contributed by atoms with Crippen LogP contribution < -0.4 is 15.1 Å². The molecule has 0 bridgehead atoms. The Morgan fingerprint density at radius 2 is 1.82 bits per heavy atom. The number of aromatic nitrogens is 2. The Kier molecular flexibility index (Phi) is 6.23. The Morgan fingerprint density at radius 1 is 1.09 bits per heavy atom. The number of phenols is 1. The van der Waals surface area contributed by atoms with Gasteiger partial charge in [-0.2, -0.15) is 5.10 Å². The number of hydrazone groups is 1. The molecule has 12 heteroatoms. The molecule has 0 radical (unpaired) electrons. The third-order valence-corrected chi connectivity index (χ3v) is 6.16. The lowest BCUT2D eigenvalue weighted by Gasteiger charge is -2.03. The molecule has 0 spiro atoms. The molecular weight excluding hydrogens is 464 g/mol. The molecule has 34 heavy (non-hydrogen) atoms. The molecule has 3 aromatic carbocycles. The Hall–Kier alpha value is -4.71. The lowest BCUT2D eigenvalue weighted by molar-refractivity contribution is -0.832. The van der Waals surface area contributed by atoms with Crippen molar-refractivity contribution >= 4 is 22.0 Å². The standard InChI is InChI=1S/C22H16N4O7S/c27-17-6-4-5-16(13-17)20(28)24-23-14-15-9-11-18(12-10-15)32-21-22(26(29)33-25-21)34(30,31)19-7-2-1-3-8-19/h1-14,27H,(H,24,28)/b23-14+. The molecule has 172 valence electrons. The van der Waals surface area contributed by atoms with Crippen molar-refractivity contribution in [2.45, 2.75) is 9.92 Å². The van der Waals surface area contributed by atoms with E-state index in [4.69, 9.17) is 4.74 Å². The van der Waals surface area contributed by atoms with Crippen molar-refractivity contribution < 1.29 is 32.6 Å². The van der Waals surface area contributed by atoms with Gasteiger partial charge in [-0.05, 0) is 65.1 Å². The maximum Gasteiger partial charge on any atom is 0.420 e. The van der Waals surface area contributed by atoms with E-state index in [1.807, 2.05) is 0 Å². The Balaban J connectivity index is 1.46. The first kappa shape index (κ1) is 22.5. The summed E-state index contributed by atoms with van der Waals surface area (Å²) in [5.74, 6) is -0.879. The highest BCUT2D eigenvalue weighted by molar-refractivity contribution is 7.91. The normalized spacial score (nSPS) is 11.4. The van der Waals surface area contributed by atoms with Gasteiger partial charge in [0.25, 0.3) is 15.7 Å². The molecule has 1 amide bonds. The predicted octanol–water partition coefficient (Wildman–Crippen LogP) is 2.40. The van der Waals surface area contributed by atoms with Crippen LogP contribution in [-0.2, 0) is 9.84 Å². The molecule has 0 unspecified atom stereocenters. The average Bonchev–Trinajstić information content (AvgIpc) is 3.21. The van der Waals surface area contributed by atoms with Crippen molar-refractivity contribution in [2.75, 3.05) is 0 Å². The van der Waals surface area contributed by atoms with Crippen LogP contribution in [0.3, 0.4) is 0 Å². The minimum atomic E-state index is -4.24. The fourth-order valence-corrected chi connectivity index (χ4v) is 4.10. The van der Waals surface area contributed by atoms with Gasteiger partial charge >= 0.3 is 10.9 Å². The van der Waals surface area contributed by atoms with Crippen LogP contribution in [-0.4, -0.2) is 30.8 Å². The molecule has 0 saturated carbocycles. The van der Waals surface area contributed by atoms with Gasteiger partial charge in [0.15, 0.2) is 0 Å². The first-order valence-electron chi connectivity index (χ1n) is 9.65. The van der Waals surface area contributed by atoms with Crippen LogP contribution in [0.4, 0.5) is 0 Å². The summed E-state index contributed by atoms with van der Waals surface area (Å²) in [7, 11) is -4.24. The fraction of sp³-hybridized carbons (Fsp3) is 0. The van der Waals surface area contributed by atoms with Crippen LogP contribution in [0.5, 0.6) is 17.4 Å². The number of carbonyl (C=O) groups excluding carboxylic acids is 1. The van der Waals surface area contributed by atoms with Crippen LogP contribution >= 0.6 is 0 Å². The van der Waals surface area contributed by atoms with E-state index in [-0.39, 0.29) is 26.9 Å². The lowest BCUT2D eigenvalue weighted by atomic mass is 10.2. The van der Waals surface area contributed by atoms with Crippen molar-refractivity contribution in [3.05, 3.63) is 95.2 Å². The Bertz CT molecular complexity index is 1450. The van der Waals surface area contributed by atoms with Gasteiger partial charge in [0, 0.05) is 5.56 Å². The van der Waals surface area contributed by atoms with Crippen LogP contribution in [0.15, 0.2) is 98.5 Å². The molecule has 4 rings (SSSR count). The SMILES string of the molecule is O=C(N/N=C/c1ccc(Oc2no[n+]([O-])c2S(=O)(=O)c2ccccc2)cc1)c1cccc(O)c1. The first-order valence-corrected chi connectivity index (χ1v) is 11.1. The Morgan fingerprint density at radius 3 is 2.53 bits per heavy atom. The van der Waals surface area contributed by atoms with Crippen molar-refractivity contribution in [1.82, 2.24) is 10.6 Å². The van der Waals surface area contributed by atoms with Crippen molar-refractivity contribution in [3.63, 3.8) is 0 Å². The molecular formula is C22H16N4O7S.